The van der Waals surface area contributed by atoms with Crippen molar-refractivity contribution in [3.05, 3.63) is 62.3 Å². The van der Waals surface area contributed by atoms with Gasteiger partial charge in [0.05, 0.1) is 17.3 Å². The van der Waals surface area contributed by atoms with Gasteiger partial charge in [0.2, 0.25) is 5.88 Å². The van der Waals surface area contributed by atoms with Crippen LogP contribution in [0.5, 0.6) is 17.6 Å². The smallest absolute Gasteiger partial charge is 0.327 e. The Morgan fingerprint density at radius 1 is 1.33 bits per heavy atom. The van der Waals surface area contributed by atoms with Crippen LogP contribution in [0.25, 0.3) is 11.7 Å². The van der Waals surface area contributed by atoms with Crippen molar-refractivity contribution in [2.75, 3.05) is 0 Å². The van der Waals surface area contributed by atoms with E-state index in [1.165, 1.54) is 28.9 Å². The molecule has 0 aliphatic heterocycles. The van der Waals surface area contributed by atoms with Crippen molar-refractivity contribution < 1.29 is 14.2 Å². The van der Waals surface area contributed by atoms with Gasteiger partial charge < -0.3 is 14.8 Å². The van der Waals surface area contributed by atoms with Gasteiger partial charge in [-0.2, -0.15) is 19.6 Å². The first-order valence-corrected chi connectivity index (χ1v) is 9.29. The Morgan fingerprint density at radius 3 is 2.87 bits per heavy atom. The average Bonchev–Trinajstić information content (AvgIpc) is 3.34. The Labute approximate surface area is 171 Å². The molecule has 3 heterocycles. The number of imidazole rings is 1. The highest BCUT2D eigenvalue weighted by molar-refractivity contribution is 6.30. The summed E-state index contributed by atoms with van der Waals surface area (Å²) in [5.41, 5.74) is 0.216. The fourth-order valence-corrected chi connectivity index (χ4v) is 2.87. The third-order valence-electron chi connectivity index (χ3n) is 4.34. The molecule has 0 unspecified atom stereocenters. The van der Waals surface area contributed by atoms with Crippen LogP contribution in [0, 0.1) is 5.82 Å². The molecular formula is C18H13ClFN7O3. The van der Waals surface area contributed by atoms with Crippen LogP contribution in [0.1, 0.15) is 18.5 Å². The van der Waals surface area contributed by atoms with Gasteiger partial charge in [0.15, 0.2) is 5.65 Å². The fraction of sp³-hybridized carbons (Fsp3) is 0.167. The molecule has 5 rings (SSSR count). The average molecular weight is 430 g/mol. The molecule has 0 atom stereocenters. The molecule has 3 aromatic heterocycles. The number of halogens is 2. The molecule has 1 aromatic carbocycles. The summed E-state index contributed by atoms with van der Waals surface area (Å²) >= 11 is 5.71. The number of ether oxygens (including phenoxy) is 1. The van der Waals surface area contributed by atoms with E-state index in [1.807, 2.05) is 0 Å². The molecule has 30 heavy (non-hydrogen) atoms. The summed E-state index contributed by atoms with van der Waals surface area (Å²) in [6, 6.07) is 4.06. The molecule has 4 aromatic rings. The Morgan fingerprint density at radius 2 is 2.17 bits per heavy atom. The lowest BCUT2D eigenvalue weighted by Gasteiger charge is -2.05. The van der Waals surface area contributed by atoms with E-state index in [9.17, 15) is 14.3 Å². The van der Waals surface area contributed by atoms with Gasteiger partial charge >= 0.3 is 11.7 Å². The third kappa shape index (κ3) is 3.50. The second-order valence-electron chi connectivity index (χ2n) is 6.67. The second kappa shape index (κ2) is 6.95. The lowest BCUT2D eigenvalue weighted by atomic mass is 10.3. The zero-order valence-corrected chi connectivity index (χ0v) is 15.9. The van der Waals surface area contributed by atoms with Gasteiger partial charge in [-0.05, 0) is 31.1 Å². The lowest BCUT2D eigenvalue weighted by molar-refractivity contribution is 0.432. The summed E-state index contributed by atoms with van der Waals surface area (Å²) < 4.78 is 20.8. The van der Waals surface area contributed by atoms with Crippen LogP contribution < -0.4 is 21.3 Å². The van der Waals surface area contributed by atoms with Crippen molar-refractivity contribution in [3.8, 4) is 17.6 Å². The van der Waals surface area contributed by atoms with E-state index >= 15 is 0 Å². The molecule has 0 bridgehead atoms. The van der Waals surface area contributed by atoms with E-state index in [0.29, 0.717) is 10.9 Å². The molecule has 0 radical (unpaired) electrons. The minimum Gasteiger partial charge on any atom is -0.493 e. The van der Waals surface area contributed by atoms with E-state index < -0.39 is 11.5 Å². The van der Waals surface area contributed by atoms with E-state index in [2.05, 4.69) is 30.0 Å². The number of aromatic hydroxyl groups is 1. The van der Waals surface area contributed by atoms with Crippen molar-refractivity contribution in [3.63, 3.8) is 0 Å². The molecule has 0 spiro atoms. The molecule has 1 fully saturated rings. The van der Waals surface area contributed by atoms with Crippen molar-refractivity contribution in [1.82, 2.24) is 29.5 Å². The van der Waals surface area contributed by atoms with Gasteiger partial charge in [0.1, 0.15) is 17.3 Å². The number of fused-ring (bicyclic) bond motifs is 1. The highest BCUT2D eigenvalue weighted by atomic mass is 35.5. The number of hydrogen-bond donors (Lipinski definition) is 3. The third-order valence-corrected chi connectivity index (χ3v) is 4.64. The van der Waals surface area contributed by atoms with E-state index in [0.717, 1.165) is 18.9 Å². The quantitative estimate of drug-likeness (QED) is 0.444. The van der Waals surface area contributed by atoms with Crippen LogP contribution in [0.3, 0.4) is 0 Å². The van der Waals surface area contributed by atoms with Crippen molar-refractivity contribution in [2.45, 2.75) is 18.9 Å². The number of nitrogens with one attached hydrogen (secondary N) is 2. The predicted octanol–water partition coefficient (Wildman–Crippen LogP) is 1.04. The summed E-state index contributed by atoms with van der Waals surface area (Å²) in [6.45, 7) is 0. The molecule has 1 saturated carbocycles. The minimum atomic E-state index is -0.636. The van der Waals surface area contributed by atoms with Gasteiger partial charge in [-0.1, -0.05) is 11.6 Å². The highest BCUT2D eigenvalue weighted by Gasteiger charge is 2.21. The molecule has 0 saturated heterocycles. The normalized spacial score (nSPS) is 15.3. The second-order valence-corrected chi connectivity index (χ2v) is 7.07. The first kappa shape index (κ1) is 18.3. The number of hydrogen-bond acceptors (Lipinski definition) is 7. The number of aromatic nitrogens is 6. The van der Waals surface area contributed by atoms with E-state index in [-0.39, 0.29) is 40.0 Å². The standard InChI is InChI=1S/C18H13ClFN7O3/c19-11-4-3-10(6-12(11)20)30-18-24-14-8(5-13-15(28)25-17(29)23-13)7-21-27(14)16(26-18)22-9-1-2-9/h3-7,9,28H,1-2H2,(H2,23,25,29). The van der Waals surface area contributed by atoms with Gasteiger partial charge in [0.25, 0.3) is 5.62 Å². The maximum absolute atomic E-state index is 13.7. The number of rotatable bonds is 4. The number of nitrogens with zero attached hydrogens (tertiary/aromatic N) is 5. The van der Waals surface area contributed by atoms with Crippen LogP contribution in [-0.4, -0.2) is 40.7 Å². The SMILES string of the molecule is O=c1[nH]c(O)c(C=c2cnn3c(=NC4CC4)nc(Oc4ccc(Cl)c(F)c4)nc23)[nH]1. The van der Waals surface area contributed by atoms with Crippen LogP contribution >= 0.6 is 11.6 Å². The topological polar surface area (TPSA) is 134 Å². The maximum Gasteiger partial charge on any atom is 0.327 e. The summed E-state index contributed by atoms with van der Waals surface area (Å²) in [5, 5.41) is 14.5. The number of H-pyrrole nitrogens is 2. The molecule has 152 valence electrons. The lowest BCUT2D eigenvalue weighted by Crippen LogP contribution is -2.23. The molecule has 1 aliphatic carbocycles. The monoisotopic (exact) mass is 429 g/mol. The van der Waals surface area contributed by atoms with Gasteiger partial charge in [0, 0.05) is 11.3 Å². The Kier molecular flexibility index (Phi) is 4.24. The Balaban J connectivity index is 1.67. The summed E-state index contributed by atoms with van der Waals surface area (Å²) in [7, 11) is 0. The molecule has 1 aliphatic rings. The molecular weight excluding hydrogens is 417 g/mol. The summed E-state index contributed by atoms with van der Waals surface area (Å²) in [5.74, 6) is -0.788. The number of benzene rings is 1. The molecule has 3 N–H and O–H groups in total. The van der Waals surface area contributed by atoms with E-state index in [4.69, 9.17) is 16.3 Å². The first-order chi connectivity index (χ1) is 14.5. The number of aromatic amines is 2. The molecule has 0 amide bonds. The van der Waals surface area contributed by atoms with E-state index in [1.54, 1.807) is 0 Å². The van der Waals surface area contributed by atoms with Gasteiger partial charge in [-0.15, -0.1) is 0 Å². The van der Waals surface area contributed by atoms with Crippen molar-refractivity contribution >= 4 is 23.3 Å². The summed E-state index contributed by atoms with van der Waals surface area (Å²) in [6.07, 6.45) is 4.88. The zero-order valence-electron chi connectivity index (χ0n) is 15.1. The summed E-state index contributed by atoms with van der Waals surface area (Å²) in [4.78, 5) is 29.2. The van der Waals surface area contributed by atoms with Crippen molar-refractivity contribution in [1.29, 1.82) is 0 Å². The maximum atomic E-state index is 13.7. The largest absolute Gasteiger partial charge is 0.493 e. The fourth-order valence-electron chi connectivity index (χ4n) is 2.75. The Hall–Kier alpha value is -3.73. The van der Waals surface area contributed by atoms with Crippen LogP contribution in [0.2, 0.25) is 5.02 Å². The van der Waals surface area contributed by atoms with Gasteiger partial charge in [-0.25, -0.2) is 14.2 Å². The van der Waals surface area contributed by atoms with Crippen LogP contribution in [0.15, 0.2) is 34.2 Å². The van der Waals surface area contributed by atoms with Gasteiger partial charge in [-0.3, -0.25) is 4.98 Å². The predicted molar refractivity (Wildman–Crippen MR) is 103 cm³/mol. The van der Waals surface area contributed by atoms with Crippen molar-refractivity contribution in [2.24, 2.45) is 4.99 Å². The zero-order chi connectivity index (χ0) is 20.8. The first-order valence-electron chi connectivity index (χ1n) is 8.92. The highest BCUT2D eigenvalue weighted by Crippen LogP contribution is 2.24. The molecule has 12 heteroatoms. The Bertz CT molecular complexity index is 1450. The van der Waals surface area contributed by atoms with Crippen LogP contribution in [0.4, 0.5) is 4.39 Å². The van der Waals surface area contributed by atoms with Crippen LogP contribution in [-0.2, 0) is 0 Å². The minimum absolute atomic E-state index is 0.0314. The molecule has 10 nitrogen and oxygen atoms in total.